The van der Waals surface area contributed by atoms with Crippen LogP contribution in [0.4, 0.5) is 0 Å². The molecule has 0 saturated heterocycles. The van der Waals surface area contributed by atoms with Crippen molar-refractivity contribution in [3.63, 3.8) is 0 Å². The Hall–Kier alpha value is -1.93. The fourth-order valence-corrected chi connectivity index (χ4v) is 4.98. The van der Waals surface area contributed by atoms with Gasteiger partial charge in [0.25, 0.3) is 0 Å². The molecule has 7 nitrogen and oxygen atoms in total. The van der Waals surface area contributed by atoms with E-state index < -0.39 is 15.6 Å². The van der Waals surface area contributed by atoms with Crippen LogP contribution in [0.1, 0.15) is 70.0 Å². The molecule has 2 aromatic rings. The van der Waals surface area contributed by atoms with Crippen LogP contribution in [0.5, 0.6) is 5.75 Å². The third-order valence-corrected chi connectivity index (χ3v) is 6.64. The second-order valence-electron chi connectivity index (χ2n) is 7.76. The van der Waals surface area contributed by atoms with E-state index in [-0.39, 0.29) is 11.0 Å². The van der Waals surface area contributed by atoms with Crippen LogP contribution in [0.2, 0.25) is 0 Å². The molecule has 27 heavy (non-hydrogen) atoms. The Labute approximate surface area is 159 Å². The van der Waals surface area contributed by atoms with Crippen LogP contribution >= 0.6 is 0 Å². The molecule has 1 aromatic carbocycles. The highest BCUT2D eigenvalue weighted by atomic mass is 32.2. The number of ether oxygens (including phenoxy) is 1. The third kappa shape index (κ3) is 3.87. The van der Waals surface area contributed by atoms with Crippen molar-refractivity contribution in [2.75, 3.05) is 0 Å². The van der Waals surface area contributed by atoms with E-state index in [0.29, 0.717) is 36.2 Å². The van der Waals surface area contributed by atoms with Gasteiger partial charge in [0.2, 0.25) is 15.9 Å². The molecule has 2 saturated carbocycles. The summed E-state index contributed by atoms with van der Waals surface area (Å²) in [5.74, 6) is 2.08. The van der Waals surface area contributed by atoms with Crippen molar-refractivity contribution in [1.82, 2.24) is 14.9 Å². The molecule has 0 spiro atoms. The molecule has 8 heteroatoms. The van der Waals surface area contributed by atoms with Gasteiger partial charge >= 0.3 is 0 Å². The Balaban J connectivity index is 1.58. The average Bonchev–Trinajstić information content (AvgIpc) is 3.15. The lowest BCUT2D eigenvalue weighted by atomic mass is 9.98. The average molecular weight is 391 g/mol. The topological polar surface area (TPSA) is 94.3 Å². The molecule has 1 aromatic heterocycles. The van der Waals surface area contributed by atoms with Crippen LogP contribution in [-0.2, 0) is 15.6 Å². The number of sulfonamides is 1. The number of rotatable bonds is 7. The standard InChI is InChI=1S/C19H25N3O4S/c1-13(2)25-15-7-9-16(10-8-15)27(23,24)22-19(11-3-4-12-19)18-20-17(26-21-18)14-5-6-14/h7-10,13-14,22H,3-6,11-12H2,1-2H3. The SMILES string of the molecule is CC(C)Oc1ccc(S(=O)(=O)NC2(c3noc(C4CC4)n3)CCCC2)cc1. The van der Waals surface area contributed by atoms with Gasteiger partial charge in [-0.15, -0.1) is 0 Å². The maximum atomic E-state index is 13.0. The zero-order valence-electron chi connectivity index (χ0n) is 15.6. The number of benzene rings is 1. The highest BCUT2D eigenvalue weighted by molar-refractivity contribution is 7.89. The number of nitrogens with zero attached hydrogens (tertiary/aromatic N) is 2. The Morgan fingerprint density at radius 2 is 1.85 bits per heavy atom. The second-order valence-corrected chi connectivity index (χ2v) is 9.45. The summed E-state index contributed by atoms with van der Waals surface area (Å²) in [6.45, 7) is 3.85. The monoisotopic (exact) mass is 391 g/mol. The van der Waals surface area contributed by atoms with Crippen molar-refractivity contribution in [2.45, 2.75) is 74.8 Å². The van der Waals surface area contributed by atoms with Gasteiger partial charge in [0, 0.05) is 5.92 Å². The summed E-state index contributed by atoms with van der Waals surface area (Å²) in [7, 11) is -3.72. The van der Waals surface area contributed by atoms with Crippen molar-refractivity contribution >= 4 is 10.0 Å². The van der Waals surface area contributed by atoms with E-state index in [9.17, 15) is 8.42 Å². The molecule has 0 amide bonds. The molecule has 0 bridgehead atoms. The predicted octanol–water partition coefficient (Wildman–Crippen LogP) is 3.48. The van der Waals surface area contributed by atoms with Gasteiger partial charge in [-0.25, -0.2) is 8.42 Å². The molecule has 2 aliphatic rings. The first-order valence-corrected chi connectivity index (χ1v) is 11.0. The minimum absolute atomic E-state index is 0.0336. The molecular formula is C19H25N3O4S. The quantitative estimate of drug-likeness (QED) is 0.776. The lowest BCUT2D eigenvalue weighted by molar-refractivity contribution is 0.242. The Morgan fingerprint density at radius 3 is 2.44 bits per heavy atom. The number of aromatic nitrogens is 2. The highest BCUT2D eigenvalue weighted by Crippen LogP contribution is 2.42. The number of nitrogens with one attached hydrogen (secondary N) is 1. The van der Waals surface area contributed by atoms with Gasteiger partial charge in [0.1, 0.15) is 5.75 Å². The highest BCUT2D eigenvalue weighted by Gasteiger charge is 2.44. The lowest BCUT2D eigenvalue weighted by Gasteiger charge is -2.26. The summed E-state index contributed by atoms with van der Waals surface area (Å²) in [6, 6.07) is 6.48. The molecule has 146 valence electrons. The Kier molecular flexibility index (Phi) is 4.71. The van der Waals surface area contributed by atoms with Crippen LogP contribution in [-0.4, -0.2) is 24.7 Å². The third-order valence-electron chi connectivity index (χ3n) is 5.09. The van der Waals surface area contributed by atoms with Crippen LogP contribution in [0, 0.1) is 0 Å². The fourth-order valence-electron chi connectivity index (χ4n) is 3.56. The van der Waals surface area contributed by atoms with Gasteiger partial charge in [-0.2, -0.15) is 9.71 Å². The molecule has 4 rings (SSSR count). The van der Waals surface area contributed by atoms with Gasteiger partial charge in [-0.05, 0) is 63.8 Å². The van der Waals surface area contributed by atoms with Gasteiger partial charge in [-0.1, -0.05) is 18.0 Å². The molecule has 0 unspecified atom stereocenters. The first-order chi connectivity index (χ1) is 12.9. The van der Waals surface area contributed by atoms with E-state index in [1.165, 1.54) is 0 Å². The van der Waals surface area contributed by atoms with Gasteiger partial charge in [0.15, 0.2) is 5.82 Å². The molecule has 1 heterocycles. The molecule has 2 fully saturated rings. The molecule has 0 aliphatic heterocycles. The summed E-state index contributed by atoms with van der Waals surface area (Å²) >= 11 is 0. The lowest BCUT2D eigenvalue weighted by Crippen LogP contribution is -2.44. The van der Waals surface area contributed by atoms with E-state index in [1.54, 1.807) is 24.3 Å². The van der Waals surface area contributed by atoms with Crippen molar-refractivity contribution in [3.8, 4) is 5.75 Å². The first-order valence-electron chi connectivity index (χ1n) is 9.53. The molecule has 0 atom stereocenters. The summed E-state index contributed by atoms with van der Waals surface area (Å²) < 4.78 is 39.9. The van der Waals surface area contributed by atoms with E-state index >= 15 is 0 Å². The fraction of sp³-hybridized carbons (Fsp3) is 0.579. The van der Waals surface area contributed by atoms with Crippen LogP contribution < -0.4 is 9.46 Å². The van der Waals surface area contributed by atoms with Crippen molar-refractivity contribution in [3.05, 3.63) is 36.0 Å². The van der Waals surface area contributed by atoms with Crippen molar-refractivity contribution in [2.24, 2.45) is 0 Å². The second kappa shape index (κ2) is 6.91. The smallest absolute Gasteiger partial charge is 0.241 e. The van der Waals surface area contributed by atoms with Gasteiger partial charge < -0.3 is 9.26 Å². The minimum atomic E-state index is -3.72. The Bertz CT molecular complexity index is 895. The van der Waals surface area contributed by atoms with Crippen LogP contribution in [0.3, 0.4) is 0 Å². The van der Waals surface area contributed by atoms with Gasteiger partial charge in [-0.3, -0.25) is 0 Å². The zero-order chi connectivity index (χ0) is 19.1. The van der Waals surface area contributed by atoms with E-state index in [0.717, 1.165) is 25.7 Å². The molecule has 1 N–H and O–H groups in total. The van der Waals surface area contributed by atoms with Crippen LogP contribution in [0.15, 0.2) is 33.7 Å². The number of hydrogen-bond acceptors (Lipinski definition) is 6. The van der Waals surface area contributed by atoms with E-state index in [1.807, 2.05) is 13.8 Å². The maximum absolute atomic E-state index is 13.0. The van der Waals surface area contributed by atoms with Gasteiger partial charge in [0.05, 0.1) is 16.5 Å². The van der Waals surface area contributed by atoms with Crippen LogP contribution in [0.25, 0.3) is 0 Å². The minimum Gasteiger partial charge on any atom is -0.491 e. The first kappa shape index (κ1) is 18.4. The zero-order valence-corrected chi connectivity index (χ0v) is 16.5. The molecular weight excluding hydrogens is 366 g/mol. The summed E-state index contributed by atoms with van der Waals surface area (Å²) in [6.07, 6.45) is 5.35. The predicted molar refractivity (Wildman–Crippen MR) is 98.9 cm³/mol. The molecule has 0 radical (unpaired) electrons. The summed E-state index contributed by atoms with van der Waals surface area (Å²) in [5, 5.41) is 4.12. The summed E-state index contributed by atoms with van der Waals surface area (Å²) in [4.78, 5) is 4.73. The van der Waals surface area contributed by atoms with E-state index in [4.69, 9.17) is 9.26 Å². The van der Waals surface area contributed by atoms with Crippen molar-refractivity contribution < 1.29 is 17.7 Å². The van der Waals surface area contributed by atoms with Crippen molar-refractivity contribution in [1.29, 1.82) is 0 Å². The van der Waals surface area contributed by atoms with E-state index in [2.05, 4.69) is 14.9 Å². The molecule has 2 aliphatic carbocycles. The largest absolute Gasteiger partial charge is 0.491 e. The number of hydrogen-bond donors (Lipinski definition) is 1. The maximum Gasteiger partial charge on any atom is 0.241 e. The normalized spacial score (nSPS) is 19.5. The Morgan fingerprint density at radius 1 is 1.19 bits per heavy atom. The summed E-state index contributed by atoms with van der Waals surface area (Å²) in [5.41, 5.74) is -0.789.